The van der Waals surface area contributed by atoms with E-state index in [2.05, 4.69) is 0 Å². The Bertz CT molecular complexity index is 482. The molecule has 4 nitrogen and oxygen atoms in total. The van der Waals surface area contributed by atoms with Crippen LogP contribution in [0.15, 0.2) is 18.2 Å². The van der Waals surface area contributed by atoms with Crippen LogP contribution in [0.1, 0.15) is 30.1 Å². The standard InChI is InChI=1S/C13H14O4/c1-6(16-2)7-3-4-9-8(5-7)10-11(13(14)15)12(10)17-9/h3-6,10-12H,1-2H3,(H,14,15). The summed E-state index contributed by atoms with van der Waals surface area (Å²) in [5.74, 6) is -0.275. The van der Waals surface area contributed by atoms with Crippen LogP contribution >= 0.6 is 0 Å². The SMILES string of the molecule is COC(C)c1ccc2c(c1)C1C(O2)C1C(=O)O. The van der Waals surface area contributed by atoms with Gasteiger partial charge in [0.2, 0.25) is 0 Å². The van der Waals surface area contributed by atoms with E-state index < -0.39 is 5.97 Å². The highest BCUT2D eigenvalue weighted by atomic mass is 16.5. The zero-order valence-electron chi connectivity index (χ0n) is 9.71. The molecule has 0 radical (unpaired) electrons. The molecular weight excluding hydrogens is 220 g/mol. The molecule has 1 aromatic rings. The minimum atomic E-state index is -0.768. The van der Waals surface area contributed by atoms with Gasteiger partial charge in [-0.2, -0.15) is 0 Å². The molecule has 2 aliphatic rings. The zero-order valence-corrected chi connectivity index (χ0v) is 9.71. The second-order valence-corrected chi connectivity index (χ2v) is 4.65. The fourth-order valence-corrected chi connectivity index (χ4v) is 2.56. The lowest BCUT2D eigenvalue weighted by Crippen LogP contribution is -2.08. The van der Waals surface area contributed by atoms with Gasteiger partial charge in [-0.25, -0.2) is 0 Å². The summed E-state index contributed by atoms with van der Waals surface area (Å²) in [4.78, 5) is 11.0. The third-order valence-electron chi connectivity index (χ3n) is 3.72. The van der Waals surface area contributed by atoms with Crippen molar-refractivity contribution in [3.05, 3.63) is 29.3 Å². The molecule has 1 aromatic carbocycles. The van der Waals surface area contributed by atoms with E-state index in [0.717, 1.165) is 16.9 Å². The van der Waals surface area contributed by atoms with E-state index >= 15 is 0 Å². The van der Waals surface area contributed by atoms with Crippen molar-refractivity contribution in [1.29, 1.82) is 0 Å². The van der Waals surface area contributed by atoms with Crippen molar-refractivity contribution in [1.82, 2.24) is 0 Å². The first kappa shape index (κ1) is 10.6. The first-order valence-corrected chi connectivity index (χ1v) is 5.69. The first-order chi connectivity index (χ1) is 8.13. The predicted octanol–water partition coefficient (Wildman–Crippen LogP) is 1.95. The van der Waals surface area contributed by atoms with Crippen molar-refractivity contribution in [3.8, 4) is 5.75 Å². The summed E-state index contributed by atoms with van der Waals surface area (Å²) in [5.41, 5.74) is 2.08. The third kappa shape index (κ3) is 1.44. The molecular formula is C13H14O4. The van der Waals surface area contributed by atoms with Gasteiger partial charge in [0.15, 0.2) is 0 Å². The van der Waals surface area contributed by atoms with Gasteiger partial charge in [0, 0.05) is 18.6 Å². The lowest BCUT2D eigenvalue weighted by atomic mass is 10.0. The minimum Gasteiger partial charge on any atom is -0.489 e. The molecule has 1 fully saturated rings. The summed E-state index contributed by atoms with van der Waals surface area (Å²) in [6.07, 6.45) is -0.142. The Kier molecular flexibility index (Phi) is 2.16. The molecule has 0 bridgehead atoms. The summed E-state index contributed by atoms with van der Waals surface area (Å²) in [7, 11) is 1.66. The maximum atomic E-state index is 11.0. The van der Waals surface area contributed by atoms with Gasteiger partial charge in [-0.1, -0.05) is 6.07 Å². The number of benzene rings is 1. The number of carbonyl (C=O) groups is 1. The van der Waals surface area contributed by atoms with Crippen LogP contribution in [-0.4, -0.2) is 24.3 Å². The van der Waals surface area contributed by atoms with E-state index in [0.29, 0.717) is 0 Å². The summed E-state index contributed by atoms with van der Waals surface area (Å²) in [6, 6.07) is 5.88. The molecule has 1 aliphatic carbocycles. The number of hydrogen-bond donors (Lipinski definition) is 1. The lowest BCUT2D eigenvalue weighted by molar-refractivity contribution is -0.139. The fraction of sp³-hybridized carbons (Fsp3) is 0.462. The molecule has 4 atom stereocenters. The quantitative estimate of drug-likeness (QED) is 0.868. The van der Waals surface area contributed by atoms with Crippen LogP contribution in [-0.2, 0) is 9.53 Å². The number of rotatable bonds is 3. The lowest BCUT2D eigenvalue weighted by Gasteiger charge is -2.12. The Labute approximate surface area is 99.2 Å². The monoisotopic (exact) mass is 234 g/mol. The topological polar surface area (TPSA) is 55.8 Å². The van der Waals surface area contributed by atoms with Gasteiger partial charge in [-0.05, 0) is 24.6 Å². The molecule has 1 heterocycles. The molecule has 17 heavy (non-hydrogen) atoms. The van der Waals surface area contributed by atoms with E-state index in [1.54, 1.807) is 7.11 Å². The molecule has 1 aliphatic heterocycles. The second kappa shape index (κ2) is 3.47. The van der Waals surface area contributed by atoms with Crippen LogP contribution < -0.4 is 4.74 Å². The van der Waals surface area contributed by atoms with Crippen molar-refractivity contribution < 1.29 is 19.4 Å². The van der Waals surface area contributed by atoms with Crippen LogP contribution in [0.4, 0.5) is 0 Å². The van der Waals surface area contributed by atoms with Crippen LogP contribution in [0.3, 0.4) is 0 Å². The first-order valence-electron chi connectivity index (χ1n) is 5.69. The minimum absolute atomic E-state index is 0.0152. The van der Waals surface area contributed by atoms with Crippen molar-refractivity contribution in [3.63, 3.8) is 0 Å². The highest BCUT2D eigenvalue weighted by molar-refractivity contribution is 5.79. The Balaban J connectivity index is 1.92. The average Bonchev–Trinajstić information content (AvgIpc) is 2.92. The van der Waals surface area contributed by atoms with Crippen LogP contribution in [0.25, 0.3) is 0 Å². The normalized spacial score (nSPS) is 30.1. The summed E-state index contributed by atoms with van der Waals surface area (Å²) in [6.45, 7) is 1.97. The molecule has 90 valence electrons. The van der Waals surface area contributed by atoms with E-state index in [1.165, 1.54) is 0 Å². The third-order valence-corrected chi connectivity index (χ3v) is 3.72. The molecule has 4 unspecified atom stereocenters. The number of ether oxygens (including phenoxy) is 2. The Morgan fingerprint density at radius 3 is 2.94 bits per heavy atom. The number of carboxylic acid groups (broad SMARTS) is 1. The summed E-state index contributed by atoms with van der Waals surface area (Å²) in [5, 5.41) is 9.00. The number of fused-ring (bicyclic) bond motifs is 3. The molecule has 3 rings (SSSR count). The van der Waals surface area contributed by atoms with Crippen LogP contribution in [0, 0.1) is 5.92 Å². The zero-order chi connectivity index (χ0) is 12.2. The second-order valence-electron chi connectivity index (χ2n) is 4.65. The van der Waals surface area contributed by atoms with Gasteiger partial charge < -0.3 is 14.6 Å². The van der Waals surface area contributed by atoms with Gasteiger partial charge in [0.1, 0.15) is 17.8 Å². The molecule has 0 spiro atoms. The molecule has 0 amide bonds. The van der Waals surface area contributed by atoms with Gasteiger partial charge >= 0.3 is 5.97 Å². The van der Waals surface area contributed by atoms with Gasteiger partial charge in [-0.3, -0.25) is 4.79 Å². The van der Waals surface area contributed by atoms with Crippen molar-refractivity contribution in [2.24, 2.45) is 5.92 Å². The van der Waals surface area contributed by atoms with Crippen molar-refractivity contribution in [2.75, 3.05) is 7.11 Å². The van der Waals surface area contributed by atoms with Gasteiger partial charge in [0.25, 0.3) is 0 Å². The number of hydrogen-bond acceptors (Lipinski definition) is 3. The van der Waals surface area contributed by atoms with E-state index in [1.807, 2.05) is 25.1 Å². The highest BCUT2D eigenvalue weighted by Crippen LogP contribution is 2.58. The largest absolute Gasteiger partial charge is 0.489 e. The molecule has 1 saturated carbocycles. The Morgan fingerprint density at radius 2 is 2.29 bits per heavy atom. The maximum Gasteiger partial charge on any atom is 0.311 e. The van der Waals surface area contributed by atoms with Crippen molar-refractivity contribution >= 4 is 5.97 Å². The highest BCUT2D eigenvalue weighted by Gasteiger charge is 2.63. The van der Waals surface area contributed by atoms with E-state index in [-0.39, 0.29) is 24.0 Å². The van der Waals surface area contributed by atoms with Crippen LogP contribution in [0.5, 0.6) is 5.75 Å². The summed E-state index contributed by atoms with van der Waals surface area (Å²) < 4.78 is 10.9. The molecule has 0 saturated heterocycles. The van der Waals surface area contributed by atoms with Gasteiger partial charge in [0.05, 0.1) is 6.10 Å². The Hall–Kier alpha value is -1.55. The number of carboxylic acids is 1. The fourth-order valence-electron chi connectivity index (χ4n) is 2.56. The maximum absolute atomic E-state index is 11.0. The van der Waals surface area contributed by atoms with E-state index in [9.17, 15) is 4.79 Å². The molecule has 1 N–H and O–H groups in total. The van der Waals surface area contributed by atoms with Crippen molar-refractivity contribution in [2.45, 2.75) is 25.0 Å². The smallest absolute Gasteiger partial charge is 0.311 e. The predicted molar refractivity (Wildman–Crippen MR) is 60.1 cm³/mol. The molecule has 0 aromatic heterocycles. The average molecular weight is 234 g/mol. The number of methoxy groups -OCH3 is 1. The Morgan fingerprint density at radius 1 is 1.53 bits per heavy atom. The van der Waals surface area contributed by atoms with Gasteiger partial charge in [-0.15, -0.1) is 0 Å². The molecule has 4 heteroatoms. The number of aliphatic carboxylic acids is 1. The van der Waals surface area contributed by atoms with Crippen LogP contribution in [0.2, 0.25) is 0 Å². The summed E-state index contributed by atoms with van der Waals surface area (Å²) >= 11 is 0. The van der Waals surface area contributed by atoms with E-state index in [4.69, 9.17) is 14.6 Å².